The summed E-state index contributed by atoms with van der Waals surface area (Å²) in [5, 5.41) is 6.44. The normalized spacial score (nSPS) is 26.6. The lowest BCUT2D eigenvalue weighted by Gasteiger charge is -2.18. The monoisotopic (exact) mass is 524 g/mol. The van der Waals surface area contributed by atoms with E-state index in [9.17, 15) is 9.59 Å². The molecule has 1 saturated carbocycles. The highest BCUT2D eigenvalue weighted by Crippen LogP contribution is 2.52. The Kier molecular flexibility index (Phi) is 7.38. The van der Waals surface area contributed by atoms with E-state index in [4.69, 9.17) is 4.74 Å². The van der Waals surface area contributed by atoms with Crippen LogP contribution in [0, 0.1) is 23.7 Å². The predicted octanol–water partition coefficient (Wildman–Crippen LogP) is 2.18. The van der Waals surface area contributed by atoms with Gasteiger partial charge in [-0.15, -0.1) is 24.0 Å². The fourth-order valence-electron chi connectivity index (χ4n) is 4.75. The highest BCUT2D eigenvalue weighted by Gasteiger charge is 2.58. The van der Waals surface area contributed by atoms with E-state index in [1.54, 1.807) is 7.11 Å². The minimum absolute atomic E-state index is 0. The van der Waals surface area contributed by atoms with Crippen LogP contribution in [0.1, 0.15) is 18.9 Å². The van der Waals surface area contributed by atoms with Gasteiger partial charge in [-0.1, -0.05) is 24.3 Å². The zero-order valence-corrected chi connectivity index (χ0v) is 19.7. The number of nitrogens with zero attached hydrogens (tertiary/aromatic N) is 2. The quantitative estimate of drug-likeness (QED) is 0.188. The number of ether oxygens (including phenoxy) is 1. The van der Waals surface area contributed by atoms with Crippen LogP contribution in [0.15, 0.2) is 41.4 Å². The maximum atomic E-state index is 12.7. The molecule has 162 valence electrons. The maximum absolute atomic E-state index is 12.7. The van der Waals surface area contributed by atoms with Gasteiger partial charge in [-0.25, -0.2) is 4.99 Å². The van der Waals surface area contributed by atoms with E-state index >= 15 is 0 Å². The lowest BCUT2D eigenvalue weighted by molar-refractivity contribution is -0.140. The number of rotatable bonds is 7. The third-order valence-corrected chi connectivity index (χ3v) is 6.09. The van der Waals surface area contributed by atoms with Crippen LogP contribution in [-0.2, 0) is 16.1 Å². The molecule has 1 aromatic rings. The van der Waals surface area contributed by atoms with Gasteiger partial charge in [0.2, 0.25) is 11.8 Å². The van der Waals surface area contributed by atoms with E-state index in [0.29, 0.717) is 25.6 Å². The zero-order chi connectivity index (χ0) is 20.4. The Labute approximate surface area is 194 Å². The van der Waals surface area contributed by atoms with Gasteiger partial charge in [-0.3, -0.25) is 14.5 Å². The topological polar surface area (TPSA) is 83.0 Å². The minimum Gasteiger partial charge on any atom is -0.497 e. The molecule has 2 bridgehead atoms. The van der Waals surface area contributed by atoms with Crippen LogP contribution >= 0.6 is 24.0 Å². The van der Waals surface area contributed by atoms with Crippen LogP contribution < -0.4 is 15.4 Å². The van der Waals surface area contributed by atoms with Crippen molar-refractivity contribution in [1.29, 1.82) is 0 Å². The lowest BCUT2D eigenvalue weighted by atomic mass is 9.85. The standard InChI is InChI=1S/C22H28N4O3.HI/c1-3-23-22(25-13-14-5-4-6-17(11-14)29-2)24-9-10-26-20(27)18-15-7-8-16(12-15)19(18)21(26)28;/h4-8,11,15-16,18-19H,3,9-10,12-13H2,1-2H3,(H2,23,24,25);1H. The lowest BCUT2D eigenvalue weighted by Crippen LogP contribution is -2.43. The smallest absolute Gasteiger partial charge is 0.233 e. The van der Waals surface area contributed by atoms with Crippen molar-refractivity contribution in [3.05, 3.63) is 42.0 Å². The molecule has 2 aliphatic carbocycles. The van der Waals surface area contributed by atoms with Crippen molar-refractivity contribution in [3.8, 4) is 5.75 Å². The van der Waals surface area contributed by atoms with Crippen molar-refractivity contribution in [2.24, 2.45) is 28.7 Å². The van der Waals surface area contributed by atoms with Gasteiger partial charge < -0.3 is 15.4 Å². The molecule has 0 spiro atoms. The molecule has 4 rings (SSSR count). The number of allylic oxidation sites excluding steroid dienone is 2. The molecule has 1 saturated heterocycles. The number of carbonyl (C=O) groups excluding carboxylic acids is 2. The van der Waals surface area contributed by atoms with Crippen LogP contribution in [0.4, 0.5) is 0 Å². The second-order valence-corrected chi connectivity index (χ2v) is 7.80. The van der Waals surface area contributed by atoms with Gasteiger partial charge in [0.05, 0.1) is 25.5 Å². The van der Waals surface area contributed by atoms with E-state index in [-0.39, 0.29) is 59.5 Å². The van der Waals surface area contributed by atoms with Crippen LogP contribution in [-0.4, -0.2) is 49.4 Å². The minimum atomic E-state index is -0.132. The van der Waals surface area contributed by atoms with Crippen molar-refractivity contribution in [2.45, 2.75) is 19.9 Å². The summed E-state index contributed by atoms with van der Waals surface area (Å²) in [6.45, 7) is 4.08. The third kappa shape index (κ3) is 4.33. The van der Waals surface area contributed by atoms with Crippen molar-refractivity contribution < 1.29 is 14.3 Å². The number of halogens is 1. The molecule has 7 nitrogen and oxygen atoms in total. The highest BCUT2D eigenvalue weighted by atomic mass is 127. The maximum Gasteiger partial charge on any atom is 0.233 e. The van der Waals surface area contributed by atoms with Crippen molar-refractivity contribution in [2.75, 3.05) is 26.7 Å². The third-order valence-electron chi connectivity index (χ3n) is 6.09. The number of carbonyl (C=O) groups is 2. The Hall–Kier alpha value is -2.10. The van der Waals surface area contributed by atoms with Crippen molar-refractivity contribution in [3.63, 3.8) is 0 Å². The van der Waals surface area contributed by atoms with Crippen molar-refractivity contribution in [1.82, 2.24) is 15.5 Å². The SMILES string of the molecule is CCNC(=NCc1cccc(OC)c1)NCCN1C(=O)C2C3C=CC(C3)C2C1=O.I. The number of nitrogens with one attached hydrogen (secondary N) is 2. The summed E-state index contributed by atoms with van der Waals surface area (Å²) in [7, 11) is 1.64. The molecule has 8 heteroatoms. The molecule has 1 aliphatic heterocycles. The molecule has 1 aromatic carbocycles. The number of aliphatic imine (C=N–C) groups is 1. The summed E-state index contributed by atoms with van der Waals surface area (Å²) in [5.74, 6) is 1.70. The molecule has 2 amide bonds. The molecule has 0 aromatic heterocycles. The largest absolute Gasteiger partial charge is 0.497 e. The second kappa shape index (κ2) is 9.80. The molecule has 4 unspecified atom stereocenters. The Bertz CT molecular complexity index is 827. The molecular formula is C22H29IN4O3. The van der Waals surface area contributed by atoms with Crippen molar-refractivity contribution >= 4 is 41.8 Å². The van der Waals surface area contributed by atoms with E-state index in [1.807, 2.05) is 31.2 Å². The van der Waals surface area contributed by atoms with Gasteiger partial charge in [-0.2, -0.15) is 0 Å². The fourth-order valence-corrected chi connectivity index (χ4v) is 4.75. The Morgan fingerprint density at radius 2 is 1.87 bits per heavy atom. The summed E-state index contributed by atoms with van der Waals surface area (Å²) >= 11 is 0. The number of likely N-dealkylation sites (tertiary alicyclic amines) is 1. The first-order valence-electron chi connectivity index (χ1n) is 10.3. The summed E-state index contributed by atoms with van der Waals surface area (Å²) in [4.78, 5) is 31.5. The molecule has 1 heterocycles. The molecule has 3 aliphatic rings. The molecule has 0 radical (unpaired) electrons. The van der Waals surface area contributed by atoms with Gasteiger partial charge >= 0.3 is 0 Å². The van der Waals surface area contributed by atoms with Crippen LogP contribution in [0.2, 0.25) is 0 Å². The fraction of sp³-hybridized carbons (Fsp3) is 0.500. The van der Waals surface area contributed by atoms with E-state index in [1.165, 1.54) is 4.90 Å². The van der Waals surface area contributed by atoms with Gasteiger partial charge in [-0.05, 0) is 42.9 Å². The first-order valence-corrected chi connectivity index (χ1v) is 10.3. The molecular weight excluding hydrogens is 495 g/mol. The van der Waals surface area contributed by atoms with Gasteiger partial charge in [0.15, 0.2) is 5.96 Å². The number of hydrogen-bond donors (Lipinski definition) is 2. The summed E-state index contributed by atoms with van der Waals surface area (Å²) in [6.07, 6.45) is 5.20. The number of methoxy groups -OCH3 is 1. The molecule has 30 heavy (non-hydrogen) atoms. The van der Waals surface area contributed by atoms with Gasteiger partial charge in [0.25, 0.3) is 0 Å². The number of amides is 2. The van der Waals surface area contributed by atoms with Crippen LogP contribution in [0.25, 0.3) is 0 Å². The summed E-state index contributed by atoms with van der Waals surface area (Å²) < 4.78 is 5.25. The predicted molar refractivity (Wildman–Crippen MR) is 126 cm³/mol. The summed E-state index contributed by atoms with van der Waals surface area (Å²) in [5.41, 5.74) is 1.04. The Morgan fingerprint density at radius 3 is 2.50 bits per heavy atom. The number of hydrogen-bond acceptors (Lipinski definition) is 4. The number of fused-ring (bicyclic) bond motifs is 5. The van der Waals surface area contributed by atoms with E-state index in [2.05, 4.69) is 27.8 Å². The molecule has 2 N–H and O–H groups in total. The second-order valence-electron chi connectivity index (χ2n) is 7.80. The van der Waals surface area contributed by atoms with Gasteiger partial charge in [0, 0.05) is 19.6 Å². The van der Waals surface area contributed by atoms with E-state index < -0.39 is 0 Å². The van der Waals surface area contributed by atoms with Crippen LogP contribution in [0.3, 0.4) is 0 Å². The first kappa shape index (κ1) is 22.6. The van der Waals surface area contributed by atoms with Crippen LogP contribution in [0.5, 0.6) is 5.75 Å². The van der Waals surface area contributed by atoms with Gasteiger partial charge in [0.1, 0.15) is 5.75 Å². The first-order chi connectivity index (χ1) is 14.1. The number of imide groups is 1. The average Bonchev–Trinajstić information content (AvgIpc) is 3.41. The number of benzene rings is 1. The van der Waals surface area contributed by atoms with E-state index in [0.717, 1.165) is 24.3 Å². The summed E-state index contributed by atoms with van der Waals surface area (Å²) in [6, 6.07) is 7.79. The Morgan fingerprint density at radius 1 is 1.17 bits per heavy atom. The Balaban J connectivity index is 0.00000256. The molecule has 2 fully saturated rings. The highest BCUT2D eigenvalue weighted by molar-refractivity contribution is 14.0. The zero-order valence-electron chi connectivity index (χ0n) is 17.3. The number of guanidine groups is 1. The molecule has 4 atom stereocenters. The average molecular weight is 524 g/mol.